The van der Waals surface area contributed by atoms with E-state index in [1.165, 1.54) is 0 Å². The van der Waals surface area contributed by atoms with Crippen LogP contribution in [0.3, 0.4) is 0 Å². The summed E-state index contributed by atoms with van der Waals surface area (Å²) < 4.78 is 11.3. The predicted octanol–water partition coefficient (Wildman–Crippen LogP) is 1.96. The lowest BCUT2D eigenvalue weighted by Gasteiger charge is -2.18. The molecule has 0 spiro atoms. The molecule has 0 unspecified atom stereocenters. The monoisotopic (exact) mass is 384 g/mol. The Morgan fingerprint density at radius 2 is 1.64 bits per heavy atom. The lowest BCUT2D eigenvalue weighted by molar-refractivity contribution is -0.308. The lowest BCUT2D eigenvalue weighted by atomic mass is 9.98. The van der Waals surface area contributed by atoms with Gasteiger partial charge in [-0.05, 0) is 51.3 Å². The van der Waals surface area contributed by atoms with Crippen molar-refractivity contribution in [3.63, 3.8) is 0 Å². The molecule has 0 saturated heterocycles. The van der Waals surface area contributed by atoms with Gasteiger partial charge in [0.15, 0.2) is 0 Å². The number of carboxylic acids is 1. The highest BCUT2D eigenvalue weighted by Gasteiger charge is 2.21. The van der Waals surface area contributed by atoms with E-state index < -0.39 is 23.5 Å². The fourth-order valence-corrected chi connectivity index (χ4v) is 3.43. The number of fused-ring (bicyclic) bond motifs is 2. The molecule has 7 nitrogen and oxygen atoms in total. The fourth-order valence-electron chi connectivity index (χ4n) is 3.43. The van der Waals surface area contributed by atoms with E-state index in [0.29, 0.717) is 16.7 Å². The van der Waals surface area contributed by atoms with Gasteiger partial charge in [-0.2, -0.15) is 0 Å². The first-order valence-corrected chi connectivity index (χ1v) is 9.11. The second-order valence-electron chi connectivity index (χ2n) is 7.06. The molecule has 1 aromatic carbocycles. The molecular formula is C21H22NO6-. The van der Waals surface area contributed by atoms with Crippen LogP contribution >= 0.6 is 0 Å². The Balaban J connectivity index is 2.11. The van der Waals surface area contributed by atoms with Crippen molar-refractivity contribution in [2.45, 2.75) is 53.5 Å². The first-order chi connectivity index (χ1) is 13.1. The highest BCUT2D eigenvalue weighted by Crippen LogP contribution is 2.34. The van der Waals surface area contributed by atoms with Gasteiger partial charge in [0.2, 0.25) is 5.91 Å². The third kappa shape index (κ3) is 3.17. The quantitative estimate of drug-likeness (QED) is 0.673. The summed E-state index contributed by atoms with van der Waals surface area (Å²) >= 11 is 0. The minimum atomic E-state index is -1.36. The number of carbonyl (C=O) groups is 2. The molecule has 0 saturated carbocycles. The maximum Gasteiger partial charge on any atom is 0.340 e. The van der Waals surface area contributed by atoms with E-state index in [1.807, 2.05) is 26.8 Å². The predicted molar refractivity (Wildman–Crippen MR) is 102 cm³/mol. The average Bonchev–Trinajstić information content (AvgIpc) is 2.92. The molecule has 2 aromatic heterocycles. The molecule has 0 aliphatic rings. The Bertz CT molecular complexity index is 1170. The summed E-state index contributed by atoms with van der Waals surface area (Å²) in [6.45, 7) is 9.04. The molecule has 3 rings (SSSR count). The number of carboxylic acid groups (broad SMARTS) is 1. The minimum absolute atomic E-state index is 0.190. The van der Waals surface area contributed by atoms with Gasteiger partial charge in [0.25, 0.3) is 0 Å². The van der Waals surface area contributed by atoms with Crippen molar-refractivity contribution in [1.82, 2.24) is 5.32 Å². The van der Waals surface area contributed by atoms with Crippen LogP contribution in [0.1, 0.15) is 41.4 Å². The number of amides is 1. The fraction of sp³-hybridized carbons (Fsp3) is 0.381. The standard InChI is InChI=1S/C21H23NO6/c1-6-16(20(24)25)22-17(23)8-15-10(3)14-7-13-9(2)12(5)27-18(13)11(4)19(14)28-21(15)26/h7,16H,6,8H2,1-5H3,(H,22,23)(H,24,25)/p-1/t16-/m1/s1. The second-order valence-corrected chi connectivity index (χ2v) is 7.06. The molecule has 1 amide bonds. The third-order valence-electron chi connectivity index (χ3n) is 5.31. The topological polar surface area (TPSA) is 113 Å². The largest absolute Gasteiger partial charge is 0.548 e. The molecule has 0 fully saturated rings. The number of nitrogens with one attached hydrogen (secondary N) is 1. The smallest absolute Gasteiger partial charge is 0.340 e. The Kier molecular flexibility index (Phi) is 5.02. The molecule has 0 aliphatic carbocycles. The van der Waals surface area contributed by atoms with Crippen molar-refractivity contribution in [1.29, 1.82) is 0 Å². The average molecular weight is 384 g/mol. The number of rotatable bonds is 5. The van der Waals surface area contributed by atoms with Gasteiger partial charge in [0.1, 0.15) is 16.9 Å². The zero-order valence-corrected chi connectivity index (χ0v) is 16.5. The van der Waals surface area contributed by atoms with Crippen molar-refractivity contribution in [3.05, 3.63) is 44.5 Å². The van der Waals surface area contributed by atoms with Crippen molar-refractivity contribution < 1.29 is 23.5 Å². The number of hydrogen-bond acceptors (Lipinski definition) is 6. The van der Waals surface area contributed by atoms with E-state index in [-0.39, 0.29) is 18.4 Å². The summed E-state index contributed by atoms with van der Waals surface area (Å²) in [6.07, 6.45) is -0.0793. The van der Waals surface area contributed by atoms with E-state index >= 15 is 0 Å². The van der Waals surface area contributed by atoms with Crippen molar-refractivity contribution >= 4 is 33.8 Å². The van der Waals surface area contributed by atoms with E-state index in [0.717, 1.165) is 27.7 Å². The van der Waals surface area contributed by atoms with Gasteiger partial charge in [-0.25, -0.2) is 4.79 Å². The Labute approximate surface area is 161 Å². The Morgan fingerprint density at radius 1 is 1.04 bits per heavy atom. The van der Waals surface area contributed by atoms with Crippen LogP contribution in [0.4, 0.5) is 0 Å². The van der Waals surface area contributed by atoms with E-state index in [9.17, 15) is 19.5 Å². The summed E-state index contributed by atoms with van der Waals surface area (Å²) in [5.41, 5.74) is 3.04. The Morgan fingerprint density at radius 3 is 2.25 bits per heavy atom. The molecular weight excluding hydrogens is 362 g/mol. The van der Waals surface area contributed by atoms with E-state index in [4.69, 9.17) is 8.83 Å². The van der Waals surface area contributed by atoms with Gasteiger partial charge < -0.3 is 24.1 Å². The normalized spacial score (nSPS) is 12.5. The zero-order chi connectivity index (χ0) is 20.7. The van der Waals surface area contributed by atoms with Gasteiger partial charge in [0.05, 0.1) is 24.0 Å². The summed E-state index contributed by atoms with van der Waals surface area (Å²) in [6, 6.07) is 0.804. The molecule has 148 valence electrons. The van der Waals surface area contributed by atoms with Gasteiger partial charge in [-0.1, -0.05) is 6.92 Å². The van der Waals surface area contributed by atoms with Crippen molar-refractivity contribution in [2.24, 2.45) is 0 Å². The van der Waals surface area contributed by atoms with Crippen LogP contribution in [-0.4, -0.2) is 17.9 Å². The summed E-state index contributed by atoms with van der Waals surface area (Å²) in [7, 11) is 0. The zero-order valence-electron chi connectivity index (χ0n) is 16.5. The van der Waals surface area contributed by atoms with Crippen LogP contribution in [-0.2, 0) is 16.0 Å². The number of aliphatic carboxylic acids is 1. The SMILES string of the molecule is CC[C@@H](NC(=O)Cc1c(C)c2cc3c(C)c(C)oc3c(C)c2oc1=O)C(=O)[O-]. The molecule has 1 atom stereocenters. The first-order valence-electron chi connectivity index (χ1n) is 9.11. The number of carbonyl (C=O) groups excluding carboxylic acids is 2. The maximum atomic E-state index is 12.5. The minimum Gasteiger partial charge on any atom is -0.548 e. The van der Waals surface area contributed by atoms with E-state index in [2.05, 4.69) is 5.32 Å². The van der Waals surface area contributed by atoms with Gasteiger partial charge in [-0.15, -0.1) is 0 Å². The van der Waals surface area contributed by atoms with E-state index in [1.54, 1.807) is 13.8 Å². The van der Waals surface area contributed by atoms with Gasteiger partial charge >= 0.3 is 5.63 Å². The van der Waals surface area contributed by atoms with Crippen LogP contribution in [0.2, 0.25) is 0 Å². The van der Waals surface area contributed by atoms with Crippen LogP contribution in [0.15, 0.2) is 19.7 Å². The molecule has 3 aromatic rings. The van der Waals surface area contributed by atoms with Crippen molar-refractivity contribution in [2.75, 3.05) is 0 Å². The molecule has 2 heterocycles. The van der Waals surface area contributed by atoms with Crippen LogP contribution in [0.5, 0.6) is 0 Å². The van der Waals surface area contributed by atoms with Crippen LogP contribution < -0.4 is 16.0 Å². The molecule has 0 bridgehead atoms. The van der Waals surface area contributed by atoms with Gasteiger partial charge in [0, 0.05) is 16.3 Å². The highest BCUT2D eigenvalue weighted by molar-refractivity contribution is 6.00. The van der Waals surface area contributed by atoms with Crippen LogP contribution in [0, 0.1) is 27.7 Å². The molecule has 7 heteroatoms. The second kappa shape index (κ2) is 7.14. The number of benzene rings is 1. The summed E-state index contributed by atoms with van der Waals surface area (Å²) in [5, 5.41) is 15.0. The molecule has 0 aliphatic heterocycles. The maximum absolute atomic E-state index is 12.5. The first kappa shape index (κ1) is 19.7. The molecule has 28 heavy (non-hydrogen) atoms. The number of furan rings is 1. The van der Waals surface area contributed by atoms with Gasteiger partial charge in [-0.3, -0.25) is 4.79 Å². The molecule has 0 radical (unpaired) electrons. The molecule has 1 N–H and O–H groups in total. The highest BCUT2D eigenvalue weighted by atomic mass is 16.4. The number of aryl methyl sites for hydroxylation is 4. The Hall–Kier alpha value is -3.09. The number of hydrogen-bond donors (Lipinski definition) is 1. The lowest BCUT2D eigenvalue weighted by Crippen LogP contribution is -2.48. The van der Waals surface area contributed by atoms with Crippen LogP contribution in [0.25, 0.3) is 21.9 Å². The summed E-state index contributed by atoms with van der Waals surface area (Å²) in [5.74, 6) is -1.14. The summed E-state index contributed by atoms with van der Waals surface area (Å²) in [4.78, 5) is 35.8. The van der Waals surface area contributed by atoms with Crippen molar-refractivity contribution in [3.8, 4) is 0 Å². The third-order valence-corrected chi connectivity index (χ3v) is 5.31.